The first-order chi connectivity index (χ1) is 8.50. The molecule has 3 nitrogen and oxygen atoms in total. The molecule has 1 aromatic rings. The number of pyridine rings is 1. The molecule has 1 heterocycles. The summed E-state index contributed by atoms with van der Waals surface area (Å²) in [7, 11) is 4.09. The normalized spacial score (nSPS) is 23.8. The zero-order valence-electron chi connectivity index (χ0n) is 11.8. The van der Waals surface area contributed by atoms with E-state index < -0.39 is 0 Å². The second-order valence-corrected chi connectivity index (χ2v) is 5.74. The Hall–Kier alpha value is -0.930. The van der Waals surface area contributed by atoms with Gasteiger partial charge in [-0.1, -0.05) is 13.0 Å². The fourth-order valence-electron chi connectivity index (χ4n) is 2.97. The van der Waals surface area contributed by atoms with Gasteiger partial charge in [0.25, 0.3) is 0 Å². The average molecular weight is 248 g/mol. The minimum absolute atomic E-state index is 0.175. The van der Waals surface area contributed by atoms with E-state index in [1.165, 1.54) is 5.56 Å². The summed E-state index contributed by atoms with van der Waals surface area (Å²) in [6.07, 6.45) is 4.45. The zero-order valence-corrected chi connectivity index (χ0v) is 11.8. The van der Waals surface area contributed by atoms with E-state index in [0.717, 1.165) is 25.0 Å². The lowest BCUT2D eigenvalue weighted by molar-refractivity contribution is -0.0149. The topological polar surface area (TPSA) is 36.4 Å². The van der Waals surface area contributed by atoms with Crippen molar-refractivity contribution in [3.63, 3.8) is 0 Å². The van der Waals surface area contributed by atoms with Crippen molar-refractivity contribution in [1.29, 1.82) is 0 Å². The first-order valence-corrected chi connectivity index (χ1v) is 6.80. The minimum atomic E-state index is -0.367. The van der Waals surface area contributed by atoms with Crippen LogP contribution in [-0.4, -0.2) is 40.7 Å². The van der Waals surface area contributed by atoms with Crippen molar-refractivity contribution in [2.75, 3.05) is 14.1 Å². The number of likely N-dealkylation sites (N-methyl/N-ethyl adjacent to an activating group) is 1. The molecule has 0 saturated carbocycles. The maximum Gasteiger partial charge on any atom is 0.0804 e. The van der Waals surface area contributed by atoms with Gasteiger partial charge in [-0.05, 0) is 51.9 Å². The van der Waals surface area contributed by atoms with Crippen LogP contribution in [0.4, 0.5) is 0 Å². The highest BCUT2D eigenvalue weighted by Gasteiger charge is 2.41. The summed E-state index contributed by atoms with van der Waals surface area (Å²) in [5, 5.41) is 10.8. The molecule has 0 bridgehead atoms. The number of aliphatic hydroxyl groups is 1. The van der Waals surface area contributed by atoms with Crippen molar-refractivity contribution in [3.05, 3.63) is 29.6 Å². The van der Waals surface area contributed by atoms with Crippen LogP contribution in [0.25, 0.3) is 0 Å². The molecule has 0 amide bonds. The lowest BCUT2D eigenvalue weighted by Gasteiger charge is -2.42. The minimum Gasteiger partial charge on any atom is -0.391 e. The van der Waals surface area contributed by atoms with E-state index in [1.54, 1.807) is 0 Å². The first-order valence-electron chi connectivity index (χ1n) is 6.80. The summed E-state index contributed by atoms with van der Waals surface area (Å²) in [6.45, 7) is 4.27. The number of aromatic nitrogens is 1. The molecule has 3 heteroatoms. The summed E-state index contributed by atoms with van der Waals surface area (Å²) >= 11 is 0. The summed E-state index contributed by atoms with van der Waals surface area (Å²) in [5.74, 6) is 0.175. The van der Waals surface area contributed by atoms with Gasteiger partial charge in [-0.3, -0.25) is 4.98 Å². The van der Waals surface area contributed by atoms with Gasteiger partial charge >= 0.3 is 0 Å². The standard InChI is InChI=1S/C15H24N2O/c1-5-15(2,17(3)4)14(18)12-9-8-11-7-6-10-16-13(11)12/h6-7,10,12,14,18H,5,8-9H2,1-4H3. The zero-order chi connectivity index (χ0) is 13.3. The lowest BCUT2D eigenvalue weighted by Crippen LogP contribution is -2.52. The van der Waals surface area contributed by atoms with Crippen LogP contribution in [0.3, 0.4) is 0 Å². The van der Waals surface area contributed by atoms with Crippen molar-refractivity contribution in [2.24, 2.45) is 0 Å². The van der Waals surface area contributed by atoms with Gasteiger partial charge in [-0.2, -0.15) is 0 Å². The SMILES string of the molecule is CCC(C)(C(O)C1CCc2cccnc21)N(C)C. The Balaban J connectivity index is 2.28. The third-order valence-corrected chi connectivity index (χ3v) is 4.76. The van der Waals surface area contributed by atoms with E-state index in [-0.39, 0.29) is 17.6 Å². The Morgan fingerprint density at radius 1 is 1.56 bits per heavy atom. The largest absolute Gasteiger partial charge is 0.391 e. The van der Waals surface area contributed by atoms with Crippen molar-refractivity contribution in [3.8, 4) is 0 Å². The van der Waals surface area contributed by atoms with Crippen LogP contribution in [0.2, 0.25) is 0 Å². The Morgan fingerprint density at radius 2 is 2.28 bits per heavy atom. The Kier molecular flexibility index (Phi) is 3.74. The Bertz CT molecular complexity index is 419. The van der Waals surface area contributed by atoms with Gasteiger partial charge in [-0.25, -0.2) is 0 Å². The Morgan fingerprint density at radius 3 is 2.89 bits per heavy atom. The molecule has 1 aliphatic carbocycles. The predicted octanol–water partition coefficient (Wildman–Crippen LogP) is 2.20. The van der Waals surface area contributed by atoms with E-state index in [1.807, 2.05) is 26.4 Å². The van der Waals surface area contributed by atoms with E-state index in [9.17, 15) is 5.11 Å². The predicted molar refractivity (Wildman–Crippen MR) is 73.7 cm³/mol. The quantitative estimate of drug-likeness (QED) is 0.887. The highest BCUT2D eigenvalue weighted by Crippen LogP contribution is 2.39. The maximum absolute atomic E-state index is 10.8. The monoisotopic (exact) mass is 248 g/mol. The van der Waals surface area contributed by atoms with Crippen LogP contribution in [0, 0.1) is 0 Å². The summed E-state index contributed by atoms with van der Waals surface area (Å²) in [5.41, 5.74) is 2.22. The van der Waals surface area contributed by atoms with Crippen LogP contribution < -0.4 is 0 Å². The van der Waals surface area contributed by atoms with Crippen LogP contribution in [0.1, 0.15) is 43.9 Å². The van der Waals surface area contributed by atoms with Crippen LogP contribution in [0.15, 0.2) is 18.3 Å². The van der Waals surface area contributed by atoms with Crippen LogP contribution in [-0.2, 0) is 6.42 Å². The molecule has 0 aliphatic heterocycles. The molecule has 1 aromatic heterocycles. The number of aryl methyl sites for hydroxylation is 1. The van der Waals surface area contributed by atoms with Gasteiger partial charge in [0.1, 0.15) is 0 Å². The smallest absolute Gasteiger partial charge is 0.0804 e. The highest BCUT2D eigenvalue weighted by molar-refractivity contribution is 5.30. The summed E-state index contributed by atoms with van der Waals surface area (Å²) < 4.78 is 0. The molecular weight excluding hydrogens is 224 g/mol. The molecule has 3 unspecified atom stereocenters. The van der Waals surface area contributed by atoms with E-state index in [4.69, 9.17) is 0 Å². The lowest BCUT2D eigenvalue weighted by atomic mass is 9.81. The van der Waals surface area contributed by atoms with Gasteiger partial charge in [0.05, 0.1) is 6.10 Å². The Labute approximate surface area is 110 Å². The van der Waals surface area contributed by atoms with E-state index in [0.29, 0.717) is 0 Å². The van der Waals surface area contributed by atoms with E-state index >= 15 is 0 Å². The third kappa shape index (κ3) is 2.06. The molecule has 1 N–H and O–H groups in total. The molecule has 100 valence electrons. The van der Waals surface area contributed by atoms with Gasteiger partial charge in [0.15, 0.2) is 0 Å². The van der Waals surface area contributed by atoms with Crippen LogP contribution in [0.5, 0.6) is 0 Å². The molecule has 0 aromatic carbocycles. The molecule has 0 radical (unpaired) electrons. The fraction of sp³-hybridized carbons (Fsp3) is 0.667. The van der Waals surface area contributed by atoms with Gasteiger partial charge < -0.3 is 10.0 Å². The number of rotatable bonds is 4. The molecule has 18 heavy (non-hydrogen) atoms. The summed E-state index contributed by atoms with van der Waals surface area (Å²) in [4.78, 5) is 6.63. The molecule has 0 spiro atoms. The second kappa shape index (κ2) is 4.98. The first kappa shape index (κ1) is 13.5. The second-order valence-electron chi connectivity index (χ2n) is 5.74. The molecule has 1 aliphatic rings. The van der Waals surface area contributed by atoms with Gasteiger partial charge in [0.2, 0.25) is 0 Å². The number of hydrogen-bond acceptors (Lipinski definition) is 3. The molecule has 0 saturated heterocycles. The van der Waals surface area contributed by atoms with Crippen molar-refractivity contribution in [1.82, 2.24) is 9.88 Å². The molecule has 3 atom stereocenters. The fourth-order valence-corrected chi connectivity index (χ4v) is 2.97. The molecule has 2 rings (SSSR count). The number of aliphatic hydroxyl groups excluding tert-OH is 1. The maximum atomic E-state index is 10.8. The number of fused-ring (bicyclic) bond motifs is 1. The van der Waals surface area contributed by atoms with Crippen LogP contribution >= 0.6 is 0 Å². The van der Waals surface area contributed by atoms with Gasteiger partial charge in [0, 0.05) is 23.3 Å². The molecule has 0 fully saturated rings. The highest BCUT2D eigenvalue weighted by atomic mass is 16.3. The number of nitrogens with zero attached hydrogens (tertiary/aromatic N) is 2. The molecular formula is C15H24N2O. The van der Waals surface area contributed by atoms with Gasteiger partial charge in [-0.15, -0.1) is 0 Å². The van der Waals surface area contributed by atoms with Crippen molar-refractivity contribution >= 4 is 0 Å². The van der Waals surface area contributed by atoms with Crippen molar-refractivity contribution < 1.29 is 5.11 Å². The van der Waals surface area contributed by atoms with E-state index in [2.05, 4.69) is 29.8 Å². The third-order valence-electron chi connectivity index (χ3n) is 4.76. The van der Waals surface area contributed by atoms with Crippen molar-refractivity contribution in [2.45, 2.75) is 50.7 Å². The average Bonchev–Trinajstić information content (AvgIpc) is 2.80. The number of hydrogen-bond donors (Lipinski definition) is 1. The summed E-state index contributed by atoms with van der Waals surface area (Å²) in [6, 6.07) is 4.12.